The molecule has 0 unspecified atom stereocenters. The molecule has 0 aliphatic heterocycles. The first-order chi connectivity index (χ1) is 8.91. The molecule has 0 atom stereocenters. The van der Waals surface area contributed by atoms with Crippen molar-refractivity contribution in [3.05, 3.63) is 47.9 Å². The van der Waals surface area contributed by atoms with Crippen LogP contribution in [0.5, 0.6) is 0 Å². The van der Waals surface area contributed by atoms with Gasteiger partial charge in [0.2, 0.25) is 0 Å². The summed E-state index contributed by atoms with van der Waals surface area (Å²) in [5.41, 5.74) is 43.8. The molecule has 0 saturated heterocycles. The van der Waals surface area contributed by atoms with Crippen LogP contribution in [0.2, 0.25) is 0 Å². The van der Waals surface area contributed by atoms with Crippen molar-refractivity contribution in [2.75, 3.05) is 42.3 Å². The molecule has 0 fully saturated rings. The molecule has 0 aromatic carbocycles. The van der Waals surface area contributed by atoms with Gasteiger partial charge in [-0.05, 0) is 0 Å². The number of nitrogens with two attached hydrogens (primary N) is 2. The minimum Gasteiger partial charge on any atom is -0.680 e. The summed E-state index contributed by atoms with van der Waals surface area (Å²) in [4.78, 5) is 7.91. The molecule has 0 aromatic heterocycles. The van der Waals surface area contributed by atoms with Crippen LogP contribution in [0.15, 0.2) is 0 Å². The quantitative estimate of drug-likeness (QED) is 0.284. The Labute approximate surface area is 133 Å². The molecular weight excluding hydrogens is 424 g/mol. The van der Waals surface area contributed by atoms with Crippen LogP contribution < -0.4 is 11.5 Å². The standard InChI is InChI=1S/C2H6N2O2.6CH4N.W/c3-1-5-6-2-4;6*1-2;/h1-2H,3-4H2;6*2H,1H3;/q-2;6*-1;. The van der Waals surface area contributed by atoms with Gasteiger partial charge in [0.25, 0.3) is 0 Å². The molecule has 128 valence electrons. The van der Waals surface area contributed by atoms with Crippen molar-refractivity contribution < 1.29 is 30.8 Å². The van der Waals surface area contributed by atoms with E-state index in [9.17, 15) is 0 Å². The summed E-state index contributed by atoms with van der Waals surface area (Å²) in [5, 5.41) is 0. The topological polar surface area (TPSA) is 213 Å². The third-order valence-corrected chi connectivity index (χ3v) is 0.167. The molecule has 0 heterocycles. The normalized spacial score (nSPS) is 4.74. The van der Waals surface area contributed by atoms with Crippen molar-refractivity contribution in [1.29, 1.82) is 0 Å². The SMILES string of the molecule is C[NH-].C[NH-].C[NH-].C[NH-].C[NH-].C[NH-].N[CH-]OO[CH-]N.[W]. The van der Waals surface area contributed by atoms with E-state index in [-0.39, 0.29) is 21.1 Å². The van der Waals surface area contributed by atoms with E-state index in [2.05, 4.69) is 21.2 Å². The Morgan fingerprint density at radius 1 is 0.526 bits per heavy atom. The second kappa shape index (κ2) is 297. The summed E-state index contributed by atoms with van der Waals surface area (Å²) >= 11 is 0. The van der Waals surface area contributed by atoms with Gasteiger partial charge in [0, 0.05) is 21.1 Å². The van der Waals surface area contributed by atoms with E-state index >= 15 is 0 Å². The zero-order chi connectivity index (χ0) is 16.8. The predicted molar refractivity (Wildman–Crippen MR) is 80.6 cm³/mol. The van der Waals surface area contributed by atoms with E-state index in [4.69, 9.17) is 34.4 Å². The van der Waals surface area contributed by atoms with Gasteiger partial charge in [-0.1, -0.05) is 0 Å². The van der Waals surface area contributed by atoms with E-state index in [0.29, 0.717) is 0 Å². The van der Waals surface area contributed by atoms with E-state index < -0.39 is 0 Å². The Balaban J connectivity index is -0.0000000135. The van der Waals surface area contributed by atoms with Gasteiger partial charge < -0.3 is 55.6 Å². The maximum absolute atomic E-state index is 5.75. The second-order valence-electron chi connectivity index (χ2n) is 0.465. The fourth-order valence-electron chi connectivity index (χ4n) is 0.0642. The summed E-state index contributed by atoms with van der Waals surface area (Å²) < 4.78 is 0. The Hall–Kier alpha value is 0.288. The largest absolute Gasteiger partial charge is 0.680 e. The van der Waals surface area contributed by atoms with Gasteiger partial charge in [0.05, 0.1) is 0 Å². The average Bonchev–Trinajstić information content (AvgIpc) is 2.57. The molecule has 19 heavy (non-hydrogen) atoms. The van der Waals surface area contributed by atoms with Gasteiger partial charge in [0.1, 0.15) is 0 Å². The van der Waals surface area contributed by atoms with Crippen LogP contribution in [-0.2, 0) is 30.8 Å². The molecule has 0 spiro atoms. The molecule has 0 bridgehead atoms. The van der Waals surface area contributed by atoms with Crippen molar-refractivity contribution in [2.45, 2.75) is 0 Å². The van der Waals surface area contributed by atoms with Crippen LogP contribution in [0.1, 0.15) is 0 Å². The summed E-state index contributed by atoms with van der Waals surface area (Å²) in [5.74, 6) is 0. The van der Waals surface area contributed by atoms with Gasteiger partial charge in [-0.25, -0.2) is 0 Å². The molecule has 0 aliphatic carbocycles. The molecule has 0 aliphatic rings. The van der Waals surface area contributed by atoms with Crippen LogP contribution in [-0.4, -0.2) is 42.3 Å². The minimum absolute atomic E-state index is 0. The van der Waals surface area contributed by atoms with Crippen molar-refractivity contribution in [2.24, 2.45) is 11.5 Å². The molecule has 10 nitrogen and oxygen atoms in total. The number of rotatable bonds is 3. The van der Waals surface area contributed by atoms with Crippen molar-refractivity contribution >= 4 is 0 Å². The first-order valence-corrected chi connectivity index (χ1v) is 4.30. The van der Waals surface area contributed by atoms with Crippen LogP contribution >= 0.6 is 0 Å². The van der Waals surface area contributed by atoms with Crippen molar-refractivity contribution in [3.63, 3.8) is 0 Å². The second-order valence-corrected chi connectivity index (χ2v) is 0.465. The minimum atomic E-state index is 0. The van der Waals surface area contributed by atoms with Crippen LogP contribution in [0.4, 0.5) is 0 Å². The van der Waals surface area contributed by atoms with E-state index in [0.717, 1.165) is 13.5 Å². The molecule has 0 aromatic rings. The zero-order valence-electron chi connectivity index (χ0n) is 12.5. The Bertz CT molecular complexity index is 42.7. The van der Waals surface area contributed by atoms with Crippen molar-refractivity contribution in [1.82, 2.24) is 0 Å². The summed E-state index contributed by atoms with van der Waals surface area (Å²) in [7, 11) is 7.50. The maximum Gasteiger partial charge on any atom is 0 e. The van der Waals surface area contributed by atoms with E-state index in [1.807, 2.05) is 0 Å². The average molecular weight is 454 g/mol. The first-order valence-electron chi connectivity index (χ1n) is 4.30. The van der Waals surface area contributed by atoms with Crippen LogP contribution in [0.3, 0.4) is 0 Å². The molecule has 0 amide bonds. The summed E-state index contributed by atoms with van der Waals surface area (Å²) in [6.07, 6.45) is 0. The van der Waals surface area contributed by atoms with Crippen LogP contribution in [0, 0.1) is 13.5 Å². The molecule has 11 heteroatoms. The van der Waals surface area contributed by atoms with Gasteiger partial charge >= 0.3 is 0 Å². The molecular formula is C8H30N8O2W-8. The van der Waals surface area contributed by atoms with Gasteiger partial charge in [-0.15, -0.1) is 13.5 Å². The number of nitrogens with one attached hydrogen (secondary N) is 6. The third-order valence-electron chi connectivity index (χ3n) is 0.167. The maximum atomic E-state index is 5.75. The van der Waals surface area contributed by atoms with Gasteiger partial charge in [0.15, 0.2) is 0 Å². The fourth-order valence-corrected chi connectivity index (χ4v) is 0.0642. The summed E-state index contributed by atoms with van der Waals surface area (Å²) in [6, 6.07) is 0. The van der Waals surface area contributed by atoms with Crippen LogP contribution in [0.25, 0.3) is 34.4 Å². The van der Waals surface area contributed by atoms with Gasteiger partial charge in [-0.3, -0.25) is 0 Å². The number of hydrogen-bond acceptors (Lipinski definition) is 4. The predicted octanol–water partition coefficient (Wildman–Crippen LogP) is 3.10. The van der Waals surface area contributed by atoms with E-state index in [1.54, 1.807) is 0 Å². The first kappa shape index (κ1) is 50.6. The zero-order valence-corrected chi connectivity index (χ0v) is 15.5. The monoisotopic (exact) mass is 454 g/mol. The summed E-state index contributed by atoms with van der Waals surface area (Å²) in [6.45, 7) is 1.76. The molecule has 0 rings (SSSR count). The van der Waals surface area contributed by atoms with Gasteiger partial charge in [-0.2, -0.15) is 42.3 Å². The Kier molecular flexibility index (Phi) is 792. The molecule has 0 saturated carbocycles. The Morgan fingerprint density at radius 3 is 0.684 bits per heavy atom. The fraction of sp³-hybridized carbons (Fsp3) is 0.750. The van der Waals surface area contributed by atoms with Crippen molar-refractivity contribution in [3.8, 4) is 0 Å². The number of hydrogen-bond donors (Lipinski definition) is 2. The molecule has 0 radical (unpaired) electrons. The third kappa shape index (κ3) is 449. The Morgan fingerprint density at radius 2 is 0.632 bits per heavy atom. The molecule has 10 N–H and O–H groups in total. The smallest absolute Gasteiger partial charge is 0 e. The van der Waals surface area contributed by atoms with E-state index in [1.165, 1.54) is 42.3 Å².